The van der Waals surface area contributed by atoms with Crippen molar-refractivity contribution in [2.24, 2.45) is 0 Å². The van der Waals surface area contributed by atoms with Crippen molar-refractivity contribution in [3.8, 4) is 0 Å². The molecule has 0 radical (unpaired) electrons. The van der Waals surface area contributed by atoms with Gasteiger partial charge in [-0.1, -0.05) is 50.5 Å². The highest BCUT2D eigenvalue weighted by molar-refractivity contribution is 7.98. The van der Waals surface area contributed by atoms with Crippen LogP contribution in [0.1, 0.15) is 90.3 Å². The number of rotatable bonds is 17. The molecule has 0 spiro atoms. The lowest BCUT2D eigenvalue weighted by Crippen LogP contribution is -2.53. The zero-order valence-electron chi connectivity index (χ0n) is 25.3. The van der Waals surface area contributed by atoms with E-state index in [1.165, 1.54) is 0 Å². The van der Waals surface area contributed by atoms with E-state index in [0.29, 0.717) is 30.7 Å². The Balaban J connectivity index is 3.42. The highest BCUT2D eigenvalue weighted by Gasteiger charge is 2.36. The van der Waals surface area contributed by atoms with Crippen molar-refractivity contribution in [3.05, 3.63) is 35.4 Å². The van der Waals surface area contributed by atoms with Gasteiger partial charge in [0.15, 0.2) is 0 Å². The van der Waals surface area contributed by atoms with Gasteiger partial charge in [-0.2, -0.15) is 11.8 Å². The van der Waals surface area contributed by atoms with Gasteiger partial charge in [-0.25, -0.2) is 4.79 Å². The van der Waals surface area contributed by atoms with E-state index in [9.17, 15) is 19.2 Å². The number of nitrogens with zero attached hydrogens (tertiary/aromatic N) is 1. The molecule has 0 aliphatic rings. The van der Waals surface area contributed by atoms with Crippen molar-refractivity contribution in [2.75, 3.05) is 31.7 Å². The van der Waals surface area contributed by atoms with Gasteiger partial charge in [-0.3, -0.25) is 14.4 Å². The lowest BCUT2D eigenvalue weighted by Gasteiger charge is -2.35. The molecule has 3 amide bonds. The zero-order valence-corrected chi connectivity index (χ0v) is 26.2. The van der Waals surface area contributed by atoms with Gasteiger partial charge in [0, 0.05) is 13.1 Å². The number of alkyl carbamates (subject to hydrolysis) is 1. The summed E-state index contributed by atoms with van der Waals surface area (Å²) in [6.45, 7) is 11.7. The molecule has 0 heterocycles. The number of benzene rings is 1. The van der Waals surface area contributed by atoms with Crippen LogP contribution in [0.2, 0.25) is 0 Å². The number of unbranched alkanes of at least 4 members (excludes halogenated alkanes) is 3. The second kappa shape index (κ2) is 18.6. The Morgan fingerprint density at radius 3 is 2.35 bits per heavy atom. The number of carbonyl (C=O) groups excluding carboxylic acids is 4. The van der Waals surface area contributed by atoms with Crippen molar-refractivity contribution in [2.45, 2.75) is 97.8 Å². The molecule has 9 nitrogen and oxygen atoms in total. The molecule has 2 unspecified atom stereocenters. The topological polar surface area (TPSA) is 114 Å². The van der Waals surface area contributed by atoms with Crippen LogP contribution in [-0.4, -0.2) is 72.1 Å². The molecule has 0 aromatic heterocycles. The lowest BCUT2D eigenvalue weighted by molar-refractivity contribution is -0.144. The Morgan fingerprint density at radius 1 is 1.05 bits per heavy atom. The summed E-state index contributed by atoms with van der Waals surface area (Å²) in [6, 6.07) is 5.66. The predicted octanol–water partition coefficient (Wildman–Crippen LogP) is 5.16. The van der Waals surface area contributed by atoms with Crippen LogP contribution in [0.25, 0.3) is 0 Å². The number of esters is 1. The smallest absolute Gasteiger partial charge is 0.408 e. The van der Waals surface area contributed by atoms with Crippen LogP contribution in [0, 0.1) is 6.92 Å². The minimum atomic E-state index is -0.935. The van der Waals surface area contributed by atoms with E-state index in [1.54, 1.807) is 44.4 Å². The van der Waals surface area contributed by atoms with Gasteiger partial charge in [0.1, 0.15) is 17.7 Å². The fraction of sp³-hybridized carbons (Fsp3) is 0.667. The molecule has 1 aromatic carbocycles. The molecular formula is C30H49N3O6S. The van der Waals surface area contributed by atoms with E-state index < -0.39 is 29.7 Å². The molecule has 2 atom stereocenters. The summed E-state index contributed by atoms with van der Waals surface area (Å²) >= 11 is 1.57. The number of hydrogen-bond donors (Lipinski definition) is 2. The molecule has 0 saturated carbocycles. The van der Waals surface area contributed by atoms with Gasteiger partial charge in [-0.05, 0) is 70.6 Å². The first kappa shape index (κ1) is 35.3. The first-order chi connectivity index (χ1) is 18.9. The largest absolute Gasteiger partial charge is 0.466 e. The van der Waals surface area contributed by atoms with Crippen molar-refractivity contribution in [1.29, 1.82) is 0 Å². The minimum absolute atomic E-state index is 0.0288. The zero-order chi connectivity index (χ0) is 30.1. The number of thioether (sulfide) groups is 1. The van der Waals surface area contributed by atoms with Gasteiger partial charge in [0.25, 0.3) is 0 Å². The number of nitrogens with one attached hydrogen (secondary N) is 2. The third-order valence-electron chi connectivity index (χ3n) is 6.11. The Labute approximate surface area is 244 Å². The third-order valence-corrected chi connectivity index (χ3v) is 6.76. The van der Waals surface area contributed by atoms with E-state index in [0.717, 1.165) is 24.8 Å². The SMILES string of the molecule is CCCCCCN(C(=O)C(CCSC)NC(=O)OC(C)(C)C)C(C(=O)NCCC(=O)OCC)c1ccccc1C. The van der Waals surface area contributed by atoms with Crippen LogP contribution in [-0.2, 0) is 23.9 Å². The monoisotopic (exact) mass is 579 g/mol. The average Bonchev–Trinajstić information content (AvgIpc) is 2.87. The summed E-state index contributed by atoms with van der Waals surface area (Å²) in [4.78, 5) is 54.1. The normalized spacial score (nSPS) is 12.7. The van der Waals surface area contributed by atoms with Gasteiger partial charge in [0.2, 0.25) is 11.8 Å². The van der Waals surface area contributed by atoms with Crippen LogP contribution in [0.3, 0.4) is 0 Å². The summed E-state index contributed by atoms with van der Waals surface area (Å²) in [6.07, 6.45) is 5.32. The molecule has 40 heavy (non-hydrogen) atoms. The molecule has 0 bridgehead atoms. The van der Waals surface area contributed by atoms with Gasteiger partial charge in [-0.15, -0.1) is 0 Å². The Kier molecular flexibility index (Phi) is 16.4. The summed E-state index contributed by atoms with van der Waals surface area (Å²) in [5, 5.41) is 5.60. The highest BCUT2D eigenvalue weighted by Crippen LogP contribution is 2.27. The fourth-order valence-electron chi connectivity index (χ4n) is 4.18. The van der Waals surface area contributed by atoms with Crippen LogP contribution in [0.15, 0.2) is 24.3 Å². The van der Waals surface area contributed by atoms with Crippen LogP contribution < -0.4 is 10.6 Å². The third kappa shape index (κ3) is 13.1. The van der Waals surface area contributed by atoms with E-state index >= 15 is 0 Å². The van der Waals surface area contributed by atoms with E-state index in [4.69, 9.17) is 9.47 Å². The molecule has 226 valence electrons. The van der Waals surface area contributed by atoms with Crippen molar-refractivity contribution in [1.82, 2.24) is 15.5 Å². The first-order valence-corrected chi connectivity index (χ1v) is 15.6. The number of carbonyl (C=O) groups is 4. The van der Waals surface area contributed by atoms with Gasteiger partial charge in [0.05, 0.1) is 13.0 Å². The molecule has 0 saturated heterocycles. The fourth-order valence-corrected chi connectivity index (χ4v) is 4.65. The van der Waals surface area contributed by atoms with Crippen LogP contribution >= 0.6 is 11.8 Å². The van der Waals surface area contributed by atoms with Crippen LogP contribution in [0.5, 0.6) is 0 Å². The van der Waals surface area contributed by atoms with E-state index in [-0.39, 0.29) is 31.4 Å². The lowest BCUT2D eigenvalue weighted by atomic mass is 9.97. The molecule has 10 heteroatoms. The molecule has 0 aliphatic heterocycles. The molecule has 0 fully saturated rings. The van der Waals surface area contributed by atoms with Gasteiger partial charge >= 0.3 is 12.1 Å². The Morgan fingerprint density at radius 2 is 1.75 bits per heavy atom. The molecule has 1 rings (SSSR count). The second-order valence-electron chi connectivity index (χ2n) is 10.7. The first-order valence-electron chi connectivity index (χ1n) is 14.2. The highest BCUT2D eigenvalue weighted by atomic mass is 32.2. The maximum Gasteiger partial charge on any atom is 0.408 e. The molecule has 2 N–H and O–H groups in total. The second-order valence-corrected chi connectivity index (χ2v) is 11.7. The molecule has 1 aromatic rings. The number of amides is 3. The predicted molar refractivity (Wildman–Crippen MR) is 160 cm³/mol. The number of hydrogen-bond acceptors (Lipinski definition) is 7. The maximum absolute atomic E-state index is 14.2. The Bertz CT molecular complexity index is 950. The minimum Gasteiger partial charge on any atom is -0.466 e. The quantitative estimate of drug-likeness (QED) is 0.194. The average molecular weight is 580 g/mol. The van der Waals surface area contributed by atoms with Crippen molar-refractivity contribution in [3.63, 3.8) is 0 Å². The van der Waals surface area contributed by atoms with E-state index in [2.05, 4.69) is 17.6 Å². The van der Waals surface area contributed by atoms with Crippen molar-refractivity contribution < 1.29 is 28.7 Å². The summed E-state index contributed by atoms with van der Waals surface area (Å²) < 4.78 is 10.4. The molecule has 0 aliphatic carbocycles. The van der Waals surface area contributed by atoms with E-state index in [1.807, 2.05) is 37.4 Å². The Hall–Kier alpha value is -2.75. The summed E-state index contributed by atoms with van der Waals surface area (Å²) in [5.41, 5.74) is 0.834. The maximum atomic E-state index is 14.2. The summed E-state index contributed by atoms with van der Waals surface area (Å²) in [7, 11) is 0. The standard InChI is InChI=1S/C30H49N3O6S/c1-8-10-11-14-20-33(28(36)24(18-21-40-7)32-29(37)39-30(4,5)6)26(23-16-13-12-15-22(23)3)27(35)31-19-17-25(34)38-9-2/h12-13,15-16,24,26H,8-11,14,17-21H2,1-7H3,(H,31,35)(H,32,37). The van der Waals surface area contributed by atoms with Crippen molar-refractivity contribution >= 4 is 35.6 Å². The molecular weight excluding hydrogens is 530 g/mol. The summed E-state index contributed by atoms with van der Waals surface area (Å²) in [5.74, 6) is -0.494. The van der Waals surface area contributed by atoms with Crippen LogP contribution in [0.4, 0.5) is 4.79 Å². The number of aryl methyl sites for hydroxylation is 1. The number of ether oxygens (including phenoxy) is 2. The van der Waals surface area contributed by atoms with Gasteiger partial charge < -0.3 is 25.0 Å².